The number of H-pyrrole nitrogens is 1. The number of phenolic OH excluding ortho intramolecular Hbond substituents is 1. The van der Waals surface area contributed by atoms with Gasteiger partial charge in [-0.3, -0.25) is 5.10 Å². The van der Waals surface area contributed by atoms with Gasteiger partial charge in [-0.15, -0.1) is 0 Å². The minimum absolute atomic E-state index is 0.282. The molecule has 0 atom stereocenters. The number of nitrogens with one attached hydrogen (secondary N) is 1. The highest BCUT2D eigenvalue weighted by atomic mass is 79.9. The molecular formula is C9H7BrFN3O. The zero-order chi connectivity index (χ0) is 11.0. The van der Waals surface area contributed by atoms with Gasteiger partial charge in [0, 0.05) is 16.1 Å². The minimum atomic E-state index is -0.701. The van der Waals surface area contributed by atoms with Gasteiger partial charge < -0.3 is 10.8 Å². The molecule has 0 amide bonds. The highest BCUT2D eigenvalue weighted by molar-refractivity contribution is 9.10. The van der Waals surface area contributed by atoms with Crippen LogP contribution in [-0.4, -0.2) is 15.3 Å². The molecule has 2 rings (SSSR count). The number of aromatic amines is 1. The van der Waals surface area contributed by atoms with E-state index < -0.39 is 11.6 Å². The van der Waals surface area contributed by atoms with Crippen molar-refractivity contribution in [1.29, 1.82) is 0 Å². The first kappa shape index (κ1) is 9.97. The van der Waals surface area contributed by atoms with E-state index in [0.717, 1.165) is 0 Å². The van der Waals surface area contributed by atoms with Crippen LogP contribution >= 0.6 is 15.9 Å². The Hall–Kier alpha value is -1.56. The Morgan fingerprint density at radius 2 is 2.13 bits per heavy atom. The molecular weight excluding hydrogens is 265 g/mol. The van der Waals surface area contributed by atoms with Crippen LogP contribution in [0.5, 0.6) is 5.75 Å². The molecule has 0 aliphatic carbocycles. The largest absolute Gasteiger partial charge is 0.504 e. The number of phenols is 1. The zero-order valence-electron chi connectivity index (χ0n) is 7.46. The van der Waals surface area contributed by atoms with Crippen LogP contribution < -0.4 is 5.73 Å². The molecule has 4 nitrogen and oxygen atoms in total. The van der Waals surface area contributed by atoms with E-state index in [-0.39, 0.29) is 5.82 Å². The maximum atomic E-state index is 13.2. The average Bonchev–Trinajstić information content (AvgIpc) is 2.58. The molecule has 0 unspecified atom stereocenters. The molecule has 1 aromatic heterocycles. The molecule has 6 heteroatoms. The fraction of sp³-hybridized carbons (Fsp3) is 0. The van der Waals surface area contributed by atoms with Crippen LogP contribution in [0.1, 0.15) is 0 Å². The molecule has 78 valence electrons. The van der Waals surface area contributed by atoms with E-state index in [2.05, 4.69) is 26.1 Å². The van der Waals surface area contributed by atoms with E-state index in [4.69, 9.17) is 5.73 Å². The van der Waals surface area contributed by atoms with Crippen molar-refractivity contribution >= 4 is 21.7 Å². The van der Waals surface area contributed by atoms with Gasteiger partial charge in [-0.2, -0.15) is 5.10 Å². The van der Waals surface area contributed by atoms with E-state index in [9.17, 15) is 9.50 Å². The summed E-state index contributed by atoms with van der Waals surface area (Å²) in [6, 6.07) is 4.27. The first-order chi connectivity index (χ1) is 7.08. The van der Waals surface area contributed by atoms with Crippen LogP contribution in [0, 0.1) is 5.82 Å². The van der Waals surface area contributed by atoms with Crippen molar-refractivity contribution in [3.8, 4) is 17.0 Å². The average molecular weight is 272 g/mol. The zero-order valence-corrected chi connectivity index (χ0v) is 9.05. The summed E-state index contributed by atoms with van der Waals surface area (Å²) in [7, 11) is 0. The normalized spacial score (nSPS) is 10.5. The third-order valence-electron chi connectivity index (χ3n) is 1.92. The lowest BCUT2D eigenvalue weighted by Crippen LogP contribution is -1.84. The molecule has 0 bridgehead atoms. The summed E-state index contributed by atoms with van der Waals surface area (Å²) in [6.45, 7) is 0. The highest BCUT2D eigenvalue weighted by Gasteiger charge is 2.12. The predicted molar refractivity (Wildman–Crippen MR) is 57.8 cm³/mol. The summed E-state index contributed by atoms with van der Waals surface area (Å²) >= 11 is 3.13. The third kappa shape index (κ3) is 1.80. The number of benzene rings is 1. The maximum Gasteiger partial charge on any atom is 0.166 e. The first-order valence-electron chi connectivity index (χ1n) is 4.07. The quantitative estimate of drug-likeness (QED) is 0.745. The molecule has 0 saturated heterocycles. The van der Waals surface area contributed by atoms with Crippen LogP contribution in [0.25, 0.3) is 11.3 Å². The Balaban J connectivity index is 2.62. The lowest BCUT2D eigenvalue weighted by molar-refractivity contribution is 0.434. The summed E-state index contributed by atoms with van der Waals surface area (Å²) < 4.78 is 13.7. The van der Waals surface area contributed by atoms with Gasteiger partial charge in [-0.05, 0) is 12.1 Å². The highest BCUT2D eigenvalue weighted by Crippen LogP contribution is 2.33. The Morgan fingerprint density at radius 1 is 1.40 bits per heavy atom. The molecule has 1 heterocycles. The van der Waals surface area contributed by atoms with Crippen LogP contribution in [0.4, 0.5) is 10.2 Å². The second kappa shape index (κ2) is 3.54. The molecule has 15 heavy (non-hydrogen) atoms. The molecule has 0 saturated carbocycles. The number of nitrogens with zero attached hydrogens (tertiary/aromatic N) is 1. The van der Waals surface area contributed by atoms with Crippen LogP contribution in [-0.2, 0) is 0 Å². The summed E-state index contributed by atoms with van der Waals surface area (Å²) in [5.41, 5.74) is 6.19. The summed E-state index contributed by atoms with van der Waals surface area (Å²) in [4.78, 5) is 0. The molecule has 0 spiro atoms. The van der Waals surface area contributed by atoms with Gasteiger partial charge in [-0.25, -0.2) is 4.39 Å². The van der Waals surface area contributed by atoms with Gasteiger partial charge in [0.15, 0.2) is 11.6 Å². The molecule has 1 aromatic carbocycles. The van der Waals surface area contributed by atoms with Crippen molar-refractivity contribution in [3.63, 3.8) is 0 Å². The summed E-state index contributed by atoms with van der Waals surface area (Å²) in [5, 5.41) is 15.8. The van der Waals surface area contributed by atoms with Crippen molar-refractivity contribution in [1.82, 2.24) is 10.2 Å². The van der Waals surface area contributed by atoms with Crippen molar-refractivity contribution in [2.75, 3.05) is 5.73 Å². The molecule has 0 aliphatic rings. The number of rotatable bonds is 1. The smallest absolute Gasteiger partial charge is 0.166 e. The van der Waals surface area contributed by atoms with E-state index in [0.29, 0.717) is 15.7 Å². The van der Waals surface area contributed by atoms with E-state index in [1.54, 1.807) is 6.07 Å². The van der Waals surface area contributed by atoms with Crippen molar-refractivity contribution < 1.29 is 9.50 Å². The van der Waals surface area contributed by atoms with Gasteiger partial charge in [-0.1, -0.05) is 15.9 Å². The monoisotopic (exact) mass is 271 g/mol. The van der Waals surface area contributed by atoms with Gasteiger partial charge in [0.25, 0.3) is 0 Å². The minimum Gasteiger partial charge on any atom is -0.504 e. The standard InChI is InChI=1S/C9H7BrFN3O/c10-4-1-5(9(15)6(11)2-4)7-3-8(12)14-13-7/h1-3,15H,(H3,12,13,14). The SMILES string of the molecule is Nc1cc(-c2cc(Br)cc(F)c2O)[nH]n1. The summed E-state index contributed by atoms with van der Waals surface area (Å²) in [6.07, 6.45) is 0. The molecule has 0 radical (unpaired) electrons. The van der Waals surface area contributed by atoms with Gasteiger partial charge in [0.2, 0.25) is 0 Å². The second-order valence-electron chi connectivity index (χ2n) is 2.99. The Morgan fingerprint density at radius 3 is 2.73 bits per heavy atom. The number of halogens is 2. The van der Waals surface area contributed by atoms with Gasteiger partial charge in [0.05, 0.1) is 5.69 Å². The third-order valence-corrected chi connectivity index (χ3v) is 2.37. The number of aromatic hydroxyl groups is 1. The van der Waals surface area contributed by atoms with Crippen LogP contribution in [0.2, 0.25) is 0 Å². The first-order valence-corrected chi connectivity index (χ1v) is 4.86. The molecule has 0 aliphatic heterocycles. The van der Waals surface area contributed by atoms with Crippen LogP contribution in [0.3, 0.4) is 0 Å². The number of aromatic nitrogens is 2. The lowest BCUT2D eigenvalue weighted by Gasteiger charge is -2.03. The Bertz CT molecular complexity index is 512. The van der Waals surface area contributed by atoms with Crippen molar-refractivity contribution in [3.05, 3.63) is 28.5 Å². The summed E-state index contributed by atoms with van der Waals surface area (Å²) in [5.74, 6) is -0.848. The number of nitrogens with two attached hydrogens (primary N) is 1. The number of anilines is 1. The fourth-order valence-corrected chi connectivity index (χ4v) is 1.68. The second-order valence-corrected chi connectivity index (χ2v) is 3.91. The Labute approximate surface area is 93.1 Å². The van der Waals surface area contributed by atoms with Crippen molar-refractivity contribution in [2.45, 2.75) is 0 Å². The number of hydrogen-bond donors (Lipinski definition) is 3. The topological polar surface area (TPSA) is 74.9 Å². The van der Waals surface area contributed by atoms with Gasteiger partial charge in [0.1, 0.15) is 5.82 Å². The molecule has 4 N–H and O–H groups in total. The Kier molecular flexibility index (Phi) is 2.36. The predicted octanol–water partition coefficient (Wildman–Crippen LogP) is 2.27. The number of nitrogen functional groups attached to an aromatic ring is 1. The van der Waals surface area contributed by atoms with Crippen molar-refractivity contribution in [2.24, 2.45) is 0 Å². The fourth-order valence-electron chi connectivity index (χ4n) is 1.25. The lowest BCUT2D eigenvalue weighted by atomic mass is 10.1. The molecule has 2 aromatic rings. The van der Waals surface area contributed by atoms with E-state index >= 15 is 0 Å². The van der Waals surface area contributed by atoms with E-state index in [1.807, 2.05) is 0 Å². The van der Waals surface area contributed by atoms with Crippen LogP contribution in [0.15, 0.2) is 22.7 Å². The number of hydrogen-bond acceptors (Lipinski definition) is 3. The maximum absolute atomic E-state index is 13.2. The molecule has 0 fully saturated rings. The van der Waals surface area contributed by atoms with E-state index in [1.165, 1.54) is 12.1 Å². The van der Waals surface area contributed by atoms with Gasteiger partial charge >= 0.3 is 0 Å².